The van der Waals surface area contributed by atoms with Crippen LogP contribution in [0.3, 0.4) is 0 Å². The van der Waals surface area contributed by atoms with Gasteiger partial charge in [0.1, 0.15) is 17.5 Å². The summed E-state index contributed by atoms with van der Waals surface area (Å²) in [5.74, 6) is 8.23. The molecule has 19 heavy (non-hydrogen) atoms. The van der Waals surface area contributed by atoms with Crippen LogP contribution in [0.4, 0.5) is 11.6 Å². The van der Waals surface area contributed by atoms with Crippen molar-refractivity contribution in [2.45, 2.75) is 65.5 Å². The maximum atomic E-state index is 5.58. The summed E-state index contributed by atoms with van der Waals surface area (Å²) < 4.78 is 0. The molecule has 5 heteroatoms. The van der Waals surface area contributed by atoms with Crippen molar-refractivity contribution in [3.8, 4) is 0 Å². The Bertz CT molecular complexity index is 446. The lowest BCUT2D eigenvalue weighted by Gasteiger charge is -2.31. The molecule has 0 radical (unpaired) electrons. The molecule has 5 nitrogen and oxygen atoms in total. The Hall–Kier alpha value is -1.36. The van der Waals surface area contributed by atoms with Gasteiger partial charge in [-0.1, -0.05) is 13.8 Å². The molecule has 2 unspecified atom stereocenters. The Kier molecular flexibility index (Phi) is 4.24. The monoisotopic (exact) mass is 263 g/mol. The Balaban J connectivity index is 2.47. The maximum absolute atomic E-state index is 5.58. The predicted molar refractivity (Wildman–Crippen MR) is 79.2 cm³/mol. The van der Waals surface area contributed by atoms with E-state index in [4.69, 9.17) is 10.8 Å². The first-order valence-electron chi connectivity index (χ1n) is 7.24. The Morgan fingerprint density at radius 1 is 1.32 bits per heavy atom. The van der Waals surface area contributed by atoms with Crippen molar-refractivity contribution in [3.63, 3.8) is 0 Å². The zero-order chi connectivity index (χ0) is 14.0. The quantitative estimate of drug-likeness (QED) is 0.645. The molecule has 2 heterocycles. The van der Waals surface area contributed by atoms with E-state index in [1.807, 2.05) is 6.92 Å². The number of nitrogen functional groups attached to an aromatic ring is 1. The summed E-state index contributed by atoms with van der Waals surface area (Å²) in [5, 5.41) is 0. The number of nitrogens with one attached hydrogen (secondary N) is 1. The van der Waals surface area contributed by atoms with E-state index >= 15 is 0 Å². The minimum atomic E-state index is 0.536. The third-order valence-corrected chi connectivity index (χ3v) is 4.12. The third kappa shape index (κ3) is 2.52. The number of hydrazine groups is 1. The molecule has 0 saturated carbocycles. The highest BCUT2D eigenvalue weighted by Gasteiger charge is 2.32. The standard InChI is InChI=1S/C14H25N5/c1-5-11-8-7-9(3)19(11)14-10(4)13(18-15)16-12(6-2)17-14/h9,11H,5-8,15H2,1-4H3,(H,16,17,18). The number of nitrogens with zero attached hydrogens (tertiary/aromatic N) is 3. The highest BCUT2D eigenvalue weighted by molar-refractivity contribution is 5.59. The normalized spacial score (nSPS) is 22.9. The lowest BCUT2D eigenvalue weighted by molar-refractivity contribution is 0.617. The highest BCUT2D eigenvalue weighted by atomic mass is 15.3. The van der Waals surface area contributed by atoms with Crippen LogP contribution >= 0.6 is 0 Å². The van der Waals surface area contributed by atoms with E-state index in [2.05, 4.69) is 36.1 Å². The second-order valence-electron chi connectivity index (χ2n) is 5.33. The molecule has 1 saturated heterocycles. The van der Waals surface area contributed by atoms with Gasteiger partial charge in [-0.2, -0.15) is 0 Å². The SMILES string of the molecule is CCc1nc(NN)c(C)c(N2C(C)CCC2CC)n1. The summed E-state index contributed by atoms with van der Waals surface area (Å²) in [6.07, 6.45) is 4.45. The molecule has 0 amide bonds. The fourth-order valence-corrected chi connectivity index (χ4v) is 2.95. The molecule has 2 rings (SSSR count). The van der Waals surface area contributed by atoms with Crippen LogP contribution < -0.4 is 16.2 Å². The number of nitrogens with two attached hydrogens (primary N) is 1. The molecular weight excluding hydrogens is 238 g/mol. The second-order valence-corrected chi connectivity index (χ2v) is 5.33. The smallest absolute Gasteiger partial charge is 0.148 e. The lowest BCUT2D eigenvalue weighted by atomic mass is 10.1. The number of anilines is 2. The van der Waals surface area contributed by atoms with Crippen LogP contribution in [0.1, 0.15) is 51.4 Å². The number of aromatic nitrogens is 2. The van der Waals surface area contributed by atoms with Gasteiger partial charge < -0.3 is 10.3 Å². The van der Waals surface area contributed by atoms with E-state index in [-0.39, 0.29) is 0 Å². The van der Waals surface area contributed by atoms with Crippen molar-refractivity contribution >= 4 is 11.6 Å². The summed E-state index contributed by atoms with van der Waals surface area (Å²) in [5.41, 5.74) is 3.75. The van der Waals surface area contributed by atoms with Crippen molar-refractivity contribution in [1.29, 1.82) is 0 Å². The van der Waals surface area contributed by atoms with Gasteiger partial charge in [0.25, 0.3) is 0 Å². The largest absolute Gasteiger partial charge is 0.351 e. The molecule has 1 aromatic heterocycles. The molecule has 1 aromatic rings. The minimum absolute atomic E-state index is 0.536. The summed E-state index contributed by atoms with van der Waals surface area (Å²) in [7, 11) is 0. The molecular formula is C14H25N5. The fourth-order valence-electron chi connectivity index (χ4n) is 2.95. The molecule has 0 spiro atoms. The number of hydrogen-bond acceptors (Lipinski definition) is 5. The van der Waals surface area contributed by atoms with Crippen LogP contribution in [-0.2, 0) is 6.42 Å². The van der Waals surface area contributed by atoms with Crippen molar-refractivity contribution in [2.75, 3.05) is 10.3 Å². The lowest BCUT2D eigenvalue weighted by Crippen LogP contribution is -2.36. The van der Waals surface area contributed by atoms with Crippen molar-refractivity contribution in [3.05, 3.63) is 11.4 Å². The van der Waals surface area contributed by atoms with Gasteiger partial charge in [-0.05, 0) is 33.1 Å². The fraction of sp³-hybridized carbons (Fsp3) is 0.714. The number of rotatable bonds is 4. The van der Waals surface area contributed by atoms with Gasteiger partial charge in [-0.25, -0.2) is 15.8 Å². The van der Waals surface area contributed by atoms with E-state index in [1.165, 1.54) is 12.8 Å². The molecule has 0 aromatic carbocycles. The molecule has 2 atom stereocenters. The van der Waals surface area contributed by atoms with Crippen LogP contribution in [-0.4, -0.2) is 22.1 Å². The van der Waals surface area contributed by atoms with Gasteiger partial charge >= 0.3 is 0 Å². The molecule has 106 valence electrons. The Morgan fingerprint density at radius 2 is 2.05 bits per heavy atom. The Morgan fingerprint density at radius 3 is 2.63 bits per heavy atom. The molecule has 1 aliphatic rings. The average Bonchev–Trinajstić information content (AvgIpc) is 2.80. The summed E-state index contributed by atoms with van der Waals surface area (Å²) in [6.45, 7) is 8.63. The first-order chi connectivity index (χ1) is 9.12. The third-order valence-electron chi connectivity index (χ3n) is 4.12. The van der Waals surface area contributed by atoms with Gasteiger partial charge in [-0.15, -0.1) is 0 Å². The second kappa shape index (κ2) is 5.74. The van der Waals surface area contributed by atoms with E-state index < -0.39 is 0 Å². The molecule has 0 bridgehead atoms. The van der Waals surface area contributed by atoms with Crippen LogP contribution in [0.25, 0.3) is 0 Å². The van der Waals surface area contributed by atoms with E-state index in [9.17, 15) is 0 Å². The van der Waals surface area contributed by atoms with Crippen molar-refractivity contribution in [1.82, 2.24) is 9.97 Å². The average molecular weight is 263 g/mol. The highest BCUT2D eigenvalue weighted by Crippen LogP contribution is 2.34. The zero-order valence-electron chi connectivity index (χ0n) is 12.4. The summed E-state index contributed by atoms with van der Waals surface area (Å²) >= 11 is 0. The molecule has 0 aliphatic carbocycles. The van der Waals surface area contributed by atoms with Gasteiger partial charge in [-0.3, -0.25) is 0 Å². The van der Waals surface area contributed by atoms with E-state index in [0.29, 0.717) is 12.1 Å². The molecule has 1 aliphatic heterocycles. The van der Waals surface area contributed by atoms with Gasteiger partial charge in [0.2, 0.25) is 0 Å². The first kappa shape index (κ1) is 14.1. The van der Waals surface area contributed by atoms with Crippen LogP contribution in [0.15, 0.2) is 0 Å². The van der Waals surface area contributed by atoms with Gasteiger partial charge in [0.05, 0.1) is 0 Å². The van der Waals surface area contributed by atoms with Gasteiger partial charge in [0.15, 0.2) is 0 Å². The van der Waals surface area contributed by atoms with Crippen molar-refractivity contribution in [2.24, 2.45) is 5.84 Å². The first-order valence-corrected chi connectivity index (χ1v) is 7.24. The van der Waals surface area contributed by atoms with Crippen LogP contribution in [0.5, 0.6) is 0 Å². The maximum Gasteiger partial charge on any atom is 0.148 e. The molecule has 3 N–H and O–H groups in total. The zero-order valence-corrected chi connectivity index (χ0v) is 12.4. The van der Waals surface area contributed by atoms with E-state index in [0.717, 1.165) is 35.9 Å². The summed E-state index contributed by atoms with van der Waals surface area (Å²) in [4.78, 5) is 11.6. The topological polar surface area (TPSA) is 67.1 Å². The van der Waals surface area contributed by atoms with E-state index in [1.54, 1.807) is 0 Å². The Labute approximate surface area is 115 Å². The minimum Gasteiger partial charge on any atom is -0.351 e. The van der Waals surface area contributed by atoms with Crippen LogP contribution in [0, 0.1) is 6.92 Å². The van der Waals surface area contributed by atoms with Gasteiger partial charge in [0, 0.05) is 24.1 Å². The van der Waals surface area contributed by atoms with Crippen molar-refractivity contribution < 1.29 is 0 Å². The number of hydrogen-bond donors (Lipinski definition) is 2. The predicted octanol–water partition coefficient (Wildman–Crippen LogP) is 2.40. The molecule has 1 fully saturated rings. The van der Waals surface area contributed by atoms with Crippen LogP contribution in [0.2, 0.25) is 0 Å². The number of aryl methyl sites for hydroxylation is 1. The summed E-state index contributed by atoms with van der Waals surface area (Å²) in [6, 6.07) is 1.12.